The molecule has 15 heavy (non-hydrogen) atoms. The van der Waals surface area contributed by atoms with Crippen LogP contribution in [0.1, 0.15) is 17.5 Å². The van der Waals surface area contributed by atoms with E-state index in [-0.39, 0.29) is 0 Å². The van der Waals surface area contributed by atoms with Gasteiger partial charge in [0.05, 0.1) is 0 Å². The number of hydrogen-bond donors (Lipinski definition) is 1. The molecule has 2 nitrogen and oxygen atoms in total. The van der Waals surface area contributed by atoms with E-state index >= 15 is 0 Å². The van der Waals surface area contributed by atoms with Gasteiger partial charge in [-0.1, -0.05) is 29.8 Å². The molecular weight excluding hydrogens is 186 g/mol. The van der Waals surface area contributed by atoms with Crippen molar-refractivity contribution in [2.45, 2.75) is 19.8 Å². The lowest BCUT2D eigenvalue weighted by Gasteiger charge is -2.14. The average molecular weight is 207 g/mol. The van der Waals surface area contributed by atoms with Crippen molar-refractivity contribution in [1.29, 1.82) is 0 Å². The second kappa shape index (κ2) is 6.59. The van der Waals surface area contributed by atoms with Crippen molar-refractivity contribution in [1.82, 2.24) is 0 Å². The van der Waals surface area contributed by atoms with Gasteiger partial charge >= 0.3 is 0 Å². The SMILES string of the molecule is COCCC(CN)Cc1cccc(C)c1. The Morgan fingerprint density at radius 3 is 2.80 bits per heavy atom. The maximum atomic E-state index is 5.74. The second-order valence-corrected chi connectivity index (χ2v) is 4.08. The van der Waals surface area contributed by atoms with E-state index in [0.29, 0.717) is 5.92 Å². The molecule has 84 valence electrons. The zero-order chi connectivity index (χ0) is 11.1. The van der Waals surface area contributed by atoms with Gasteiger partial charge in [0.1, 0.15) is 0 Å². The van der Waals surface area contributed by atoms with E-state index in [1.54, 1.807) is 7.11 Å². The molecular formula is C13H21NO. The largest absolute Gasteiger partial charge is 0.385 e. The van der Waals surface area contributed by atoms with Gasteiger partial charge < -0.3 is 10.5 Å². The molecule has 0 aliphatic carbocycles. The molecule has 2 heteroatoms. The Balaban J connectivity index is 2.50. The monoisotopic (exact) mass is 207 g/mol. The van der Waals surface area contributed by atoms with E-state index in [9.17, 15) is 0 Å². The van der Waals surface area contributed by atoms with Gasteiger partial charge in [0.15, 0.2) is 0 Å². The van der Waals surface area contributed by atoms with Crippen LogP contribution in [-0.4, -0.2) is 20.3 Å². The Morgan fingerprint density at radius 2 is 2.20 bits per heavy atom. The van der Waals surface area contributed by atoms with Crippen molar-refractivity contribution in [3.8, 4) is 0 Å². The Hall–Kier alpha value is -0.860. The van der Waals surface area contributed by atoms with Crippen molar-refractivity contribution in [3.05, 3.63) is 35.4 Å². The first-order valence-electron chi connectivity index (χ1n) is 5.50. The Labute approximate surface area is 92.4 Å². The van der Waals surface area contributed by atoms with E-state index in [4.69, 9.17) is 10.5 Å². The van der Waals surface area contributed by atoms with Crippen LogP contribution in [0.25, 0.3) is 0 Å². The first kappa shape index (κ1) is 12.2. The normalized spacial score (nSPS) is 12.7. The van der Waals surface area contributed by atoms with Crippen LogP contribution in [0.2, 0.25) is 0 Å². The fourth-order valence-electron chi connectivity index (χ4n) is 1.76. The van der Waals surface area contributed by atoms with Gasteiger partial charge in [-0.25, -0.2) is 0 Å². The van der Waals surface area contributed by atoms with Gasteiger partial charge in [0, 0.05) is 13.7 Å². The Bertz CT molecular complexity index is 286. The fourth-order valence-corrected chi connectivity index (χ4v) is 1.76. The highest BCUT2D eigenvalue weighted by Crippen LogP contribution is 2.12. The highest BCUT2D eigenvalue weighted by atomic mass is 16.5. The highest BCUT2D eigenvalue weighted by Gasteiger charge is 2.07. The molecule has 0 saturated heterocycles. The van der Waals surface area contributed by atoms with Crippen LogP contribution in [0.15, 0.2) is 24.3 Å². The minimum atomic E-state index is 0.534. The van der Waals surface area contributed by atoms with Crippen molar-refractivity contribution in [2.24, 2.45) is 11.7 Å². The number of benzene rings is 1. The molecule has 0 spiro atoms. The van der Waals surface area contributed by atoms with E-state index in [1.807, 2.05) is 0 Å². The lowest BCUT2D eigenvalue weighted by atomic mass is 9.96. The average Bonchev–Trinajstić information content (AvgIpc) is 2.24. The zero-order valence-corrected chi connectivity index (χ0v) is 9.70. The smallest absolute Gasteiger partial charge is 0.0465 e. The lowest BCUT2D eigenvalue weighted by molar-refractivity contribution is 0.178. The Kier molecular flexibility index (Phi) is 5.37. The van der Waals surface area contributed by atoms with Gasteiger partial charge in [-0.15, -0.1) is 0 Å². The number of ether oxygens (including phenoxy) is 1. The second-order valence-electron chi connectivity index (χ2n) is 4.08. The van der Waals surface area contributed by atoms with Crippen LogP contribution in [-0.2, 0) is 11.2 Å². The minimum absolute atomic E-state index is 0.534. The lowest BCUT2D eigenvalue weighted by Crippen LogP contribution is -2.18. The fraction of sp³-hybridized carbons (Fsp3) is 0.538. The van der Waals surface area contributed by atoms with Gasteiger partial charge in [-0.2, -0.15) is 0 Å². The summed E-state index contributed by atoms with van der Waals surface area (Å²) in [6.45, 7) is 3.65. The molecule has 0 aliphatic rings. The third-order valence-electron chi connectivity index (χ3n) is 2.67. The number of methoxy groups -OCH3 is 1. The summed E-state index contributed by atoms with van der Waals surface area (Å²) in [5.74, 6) is 0.534. The van der Waals surface area contributed by atoms with Crippen molar-refractivity contribution >= 4 is 0 Å². The van der Waals surface area contributed by atoms with Gasteiger partial charge in [-0.3, -0.25) is 0 Å². The summed E-state index contributed by atoms with van der Waals surface area (Å²) in [6, 6.07) is 8.63. The summed E-state index contributed by atoms with van der Waals surface area (Å²) in [6.07, 6.45) is 2.10. The van der Waals surface area contributed by atoms with E-state index < -0.39 is 0 Å². The minimum Gasteiger partial charge on any atom is -0.385 e. The molecule has 0 bridgehead atoms. The summed E-state index contributed by atoms with van der Waals surface area (Å²) in [7, 11) is 1.74. The van der Waals surface area contributed by atoms with Crippen molar-refractivity contribution < 1.29 is 4.74 Å². The molecule has 2 N–H and O–H groups in total. The maximum absolute atomic E-state index is 5.74. The first-order valence-corrected chi connectivity index (χ1v) is 5.50. The summed E-state index contributed by atoms with van der Waals surface area (Å²) in [5.41, 5.74) is 8.44. The molecule has 0 saturated carbocycles. The number of nitrogens with two attached hydrogens (primary N) is 1. The first-order chi connectivity index (χ1) is 7.26. The number of hydrogen-bond acceptors (Lipinski definition) is 2. The van der Waals surface area contributed by atoms with Crippen LogP contribution >= 0.6 is 0 Å². The molecule has 0 amide bonds. The predicted octanol–water partition coefficient (Wildman–Crippen LogP) is 2.15. The van der Waals surface area contributed by atoms with Gasteiger partial charge in [0.2, 0.25) is 0 Å². The molecule has 0 radical (unpaired) electrons. The molecule has 1 unspecified atom stereocenters. The maximum Gasteiger partial charge on any atom is 0.0465 e. The van der Waals surface area contributed by atoms with Crippen LogP contribution in [0, 0.1) is 12.8 Å². The molecule has 1 rings (SSSR count). The number of rotatable bonds is 6. The topological polar surface area (TPSA) is 35.2 Å². The van der Waals surface area contributed by atoms with E-state index in [2.05, 4.69) is 31.2 Å². The van der Waals surface area contributed by atoms with E-state index in [0.717, 1.165) is 26.0 Å². The summed E-state index contributed by atoms with van der Waals surface area (Å²) < 4.78 is 5.08. The predicted molar refractivity (Wildman–Crippen MR) is 63.9 cm³/mol. The van der Waals surface area contributed by atoms with Crippen LogP contribution < -0.4 is 5.73 Å². The molecule has 0 aliphatic heterocycles. The van der Waals surface area contributed by atoms with Gasteiger partial charge in [-0.05, 0) is 37.8 Å². The van der Waals surface area contributed by atoms with Crippen molar-refractivity contribution in [2.75, 3.05) is 20.3 Å². The molecule has 0 aromatic heterocycles. The zero-order valence-electron chi connectivity index (χ0n) is 9.70. The van der Waals surface area contributed by atoms with Crippen LogP contribution in [0.4, 0.5) is 0 Å². The quantitative estimate of drug-likeness (QED) is 0.775. The highest BCUT2D eigenvalue weighted by molar-refractivity contribution is 5.22. The van der Waals surface area contributed by atoms with Crippen LogP contribution in [0.3, 0.4) is 0 Å². The molecule has 1 aromatic rings. The Morgan fingerprint density at radius 1 is 1.40 bits per heavy atom. The molecule has 0 fully saturated rings. The third kappa shape index (κ3) is 4.45. The molecule has 1 atom stereocenters. The number of aryl methyl sites for hydroxylation is 1. The van der Waals surface area contributed by atoms with E-state index in [1.165, 1.54) is 11.1 Å². The molecule has 1 aromatic carbocycles. The van der Waals surface area contributed by atoms with Gasteiger partial charge in [0.25, 0.3) is 0 Å². The standard InChI is InChI=1S/C13H21NO/c1-11-4-3-5-12(8-11)9-13(10-14)6-7-15-2/h3-5,8,13H,6-7,9-10,14H2,1-2H3. The third-order valence-corrected chi connectivity index (χ3v) is 2.67. The summed E-state index contributed by atoms with van der Waals surface area (Å²) in [5, 5.41) is 0. The van der Waals surface area contributed by atoms with Crippen molar-refractivity contribution in [3.63, 3.8) is 0 Å². The summed E-state index contributed by atoms with van der Waals surface area (Å²) >= 11 is 0. The van der Waals surface area contributed by atoms with Crippen LogP contribution in [0.5, 0.6) is 0 Å². The molecule has 0 heterocycles. The summed E-state index contributed by atoms with van der Waals surface area (Å²) in [4.78, 5) is 0.